The molecule has 0 bridgehead atoms. The van der Waals surface area contributed by atoms with E-state index >= 15 is 0 Å². The number of benzene rings is 2. The average molecular weight is 406 g/mol. The van der Waals surface area contributed by atoms with Gasteiger partial charge in [0.05, 0.1) is 38.8 Å². The third-order valence-electron chi connectivity index (χ3n) is 4.51. The van der Waals surface area contributed by atoms with E-state index in [-0.39, 0.29) is 12.5 Å². The van der Waals surface area contributed by atoms with Crippen LogP contribution in [0.4, 0.5) is 5.69 Å². The number of nitrogens with one attached hydrogen (secondary N) is 1. The molecule has 0 aliphatic carbocycles. The zero-order chi connectivity index (χ0) is 19.1. The van der Waals surface area contributed by atoms with Gasteiger partial charge in [0.15, 0.2) is 5.82 Å². The number of thiazole rings is 1. The molecule has 0 radical (unpaired) electrons. The third-order valence-corrected chi connectivity index (χ3v) is 5.82. The molecular formula is C19H14N6OS2. The van der Waals surface area contributed by atoms with Gasteiger partial charge in [-0.05, 0) is 30.7 Å². The molecule has 2 aromatic carbocycles. The number of carbonyl (C=O) groups is 1. The standard InChI is InChI=1S/C19H14N6OS2/c1-11-6-7-13-18(24-28-23-13)17(11)22-16(26)9-25-14-5-3-2-4-12(14)21-19(25)15-8-20-10-27-15/h2-8,10H,9H2,1H3,(H,22,26). The number of imidazole rings is 1. The second-order valence-electron chi connectivity index (χ2n) is 6.31. The Morgan fingerprint density at radius 1 is 1.14 bits per heavy atom. The maximum atomic E-state index is 12.9. The van der Waals surface area contributed by atoms with Crippen molar-refractivity contribution in [3.8, 4) is 10.7 Å². The second-order valence-corrected chi connectivity index (χ2v) is 7.73. The van der Waals surface area contributed by atoms with Gasteiger partial charge in [-0.25, -0.2) is 4.98 Å². The highest BCUT2D eigenvalue weighted by Gasteiger charge is 2.18. The van der Waals surface area contributed by atoms with Crippen LogP contribution in [0.3, 0.4) is 0 Å². The minimum atomic E-state index is -0.141. The molecule has 0 atom stereocenters. The quantitative estimate of drug-likeness (QED) is 0.485. The summed E-state index contributed by atoms with van der Waals surface area (Å²) >= 11 is 2.64. The van der Waals surface area contributed by atoms with E-state index in [2.05, 4.69) is 19.0 Å². The van der Waals surface area contributed by atoms with Gasteiger partial charge in [0.1, 0.15) is 17.6 Å². The first kappa shape index (κ1) is 17.0. The van der Waals surface area contributed by atoms with Crippen molar-refractivity contribution in [3.63, 3.8) is 0 Å². The number of amides is 1. The maximum absolute atomic E-state index is 12.9. The van der Waals surface area contributed by atoms with Crippen LogP contribution in [0.1, 0.15) is 5.56 Å². The molecule has 3 aromatic heterocycles. The lowest BCUT2D eigenvalue weighted by atomic mass is 10.1. The fourth-order valence-corrected chi connectivity index (χ4v) is 4.34. The molecule has 0 fully saturated rings. The van der Waals surface area contributed by atoms with Crippen LogP contribution in [0.2, 0.25) is 0 Å². The van der Waals surface area contributed by atoms with Crippen molar-refractivity contribution in [2.24, 2.45) is 0 Å². The van der Waals surface area contributed by atoms with Crippen LogP contribution >= 0.6 is 23.1 Å². The van der Waals surface area contributed by atoms with E-state index in [4.69, 9.17) is 4.98 Å². The fourth-order valence-electron chi connectivity index (χ4n) is 3.18. The highest BCUT2D eigenvalue weighted by atomic mass is 32.1. The van der Waals surface area contributed by atoms with Crippen LogP contribution in [0.25, 0.3) is 32.8 Å². The first-order valence-corrected chi connectivity index (χ1v) is 10.2. The van der Waals surface area contributed by atoms with Gasteiger partial charge in [0, 0.05) is 6.20 Å². The Labute approximate surface area is 168 Å². The van der Waals surface area contributed by atoms with Gasteiger partial charge in [-0.3, -0.25) is 9.78 Å². The summed E-state index contributed by atoms with van der Waals surface area (Å²) in [6, 6.07) is 11.6. The summed E-state index contributed by atoms with van der Waals surface area (Å²) in [6.45, 7) is 2.09. The smallest absolute Gasteiger partial charge is 0.244 e. The molecule has 5 rings (SSSR count). The Bertz CT molecular complexity index is 1300. The number of para-hydroxylation sites is 2. The molecule has 0 spiro atoms. The van der Waals surface area contributed by atoms with Crippen molar-refractivity contribution in [2.45, 2.75) is 13.5 Å². The number of hydrogen-bond acceptors (Lipinski definition) is 7. The number of fused-ring (bicyclic) bond motifs is 2. The van der Waals surface area contributed by atoms with Crippen molar-refractivity contribution in [2.75, 3.05) is 5.32 Å². The van der Waals surface area contributed by atoms with Crippen molar-refractivity contribution >= 4 is 56.7 Å². The fraction of sp³-hybridized carbons (Fsp3) is 0.105. The van der Waals surface area contributed by atoms with E-state index in [9.17, 15) is 4.79 Å². The van der Waals surface area contributed by atoms with Crippen molar-refractivity contribution < 1.29 is 4.79 Å². The minimum Gasteiger partial charge on any atom is -0.322 e. The van der Waals surface area contributed by atoms with E-state index in [0.29, 0.717) is 5.69 Å². The highest BCUT2D eigenvalue weighted by molar-refractivity contribution is 7.13. The van der Waals surface area contributed by atoms with E-state index in [1.54, 1.807) is 11.7 Å². The van der Waals surface area contributed by atoms with Crippen LogP contribution in [0.5, 0.6) is 0 Å². The summed E-state index contributed by atoms with van der Waals surface area (Å²) in [5, 5.41) is 3.02. The number of nitrogens with zero attached hydrogens (tertiary/aromatic N) is 5. The molecule has 1 N–H and O–H groups in total. The predicted molar refractivity (Wildman–Crippen MR) is 112 cm³/mol. The Morgan fingerprint density at radius 3 is 2.89 bits per heavy atom. The lowest BCUT2D eigenvalue weighted by Crippen LogP contribution is -2.20. The Morgan fingerprint density at radius 2 is 2.04 bits per heavy atom. The van der Waals surface area contributed by atoms with E-state index in [0.717, 1.165) is 50.1 Å². The summed E-state index contributed by atoms with van der Waals surface area (Å²) in [4.78, 5) is 22.7. The predicted octanol–water partition coefficient (Wildman–Crippen LogP) is 4.11. The molecule has 7 nitrogen and oxygen atoms in total. The minimum absolute atomic E-state index is 0.140. The average Bonchev–Trinajstić information content (AvgIpc) is 3.44. The summed E-state index contributed by atoms with van der Waals surface area (Å²) in [6.07, 6.45) is 1.77. The molecule has 3 heterocycles. The number of anilines is 1. The lowest BCUT2D eigenvalue weighted by Gasteiger charge is -2.11. The molecule has 9 heteroatoms. The molecule has 0 saturated heterocycles. The van der Waals surface area contributed by atoms with Crippen LogP contribution in [0.15, 0.2) is 48.1 Å². The van der Waals surface area contributed by atoms with Crippen LogP contribution < -0.4 is 5.32 Å². The summed E-state index contributed by atoms with van der Waals surface area (Å²) in [5.41, 5.74) is 6.68. The largest absolute Gasteiger partial charge is 0.322 e. The van der Waals surface area contributed by atoms with Gasteiger partial charge in [0.25, 0.3) is 0 Å². The van der Waals surface area contributed by atoms with Crippen molar-refractivity contribution in [1.29, 1.82) is 0 Å². The van der Waals surface area contributed by atoms with E-state index < -0.39 is 0 Å². The normalized spacial score (nSPS) is 11.3. The zero-order valence-corrected chi connectivity index (χ0v) is 16.4. The van der Waals surface area contributed by atoms with Gasteiger partial charge in [-0.15, -0.1) is 11.3 Å². The van der Waals surface area contributed by atoms with Gasteiger partial charge < -0.3 is 9.88 Å². The topological polar surface area (TPSA) is 85.6 Å². The number of carbonyl (C=O) groups excluding carboxylic acids is 1. The monoisotopic (exact) mass is 406 g/mol. The lowest BCUT2D eigenvalue weighted by molar-refractivity contribution is -0.116. The highest BCUT2D eigenvalue weighted by Crippen LogP contribution is 2.28. The van der Waals surface area contributed by atoms with Gasteiger partial charge in [-0.2, -0.15) is 8.75 Å². The maximum Gasteiger partial charge on any atom is 0.244 e. The van der Waals surface area contributed by atoms with Crippen LogP contribution in [-0.4, -0.2) is 29.2 Å². The molecule has 0 saturated carbocycles. The molecule has 0 aliphatic heterocycles. The summed E-state index contributed by atoms with van der Waals surface area (Å²) in [7, 11) is 0. The Balaban J connectivity index is 1.53. The number of aryl methyl sites for hydroxylation is 1. The van der Waals surface area contributed by atoms with E-state index in [1.807, 2.05) is 47.9 Å². The molecular weight excluding hydrogens is 392 g/mol. The molecule has 28 heavy (non-hydrogen) atoms. The van der Waals surface area contributed by atoms with Gasteiger partial charge >= 0.3 is 0 Å². The van der Waals surface area contributed by atoms with Crippen molar-refractivity contribution in [1.82, 2.24) is 23.3 Å². The SMILES string of the molecule is Cc1ccc2nsnc2c1NC(=O)Cn1c(-c2cncs2)nc2ccccc21. The third kappa shape index (κ3) is 2.85. The number of rotatable bonds is 4. The Hall–Kier alpha value is -3.17. The van der Waals surface area contributed by atoms with Crippen molar-refractivity contribution in [3.05, 3.63) is 53.7 Å². The van der Waals surface area contributed by atoms with E-state index in [1.165, 1.54) is 11.3 Å². The second kappa shape index (κ2) is 6.77. The molecule has 1 amide bonds. The molecule has 138 valence electrons. The number of hydrogen-bond donors (Lipinski definition) is 1. The first-order chi connectivity index (χ1) is 13.7. The summed E-state index contributed by atoms with van der Waals surface area (Å²) < 4.78 is 10.5. The van der Waals surface area contributed by atoms with Crippen LogP contribution in [-0.2, 0) is 11.3 Å². The number of aromatic nitrogens is 5. The molecule has 0 unspecified atom stereocenters. The molecule has 5 aromatic rings. The summed E-state index contributed by atoms with van der Waals surface area (Å²) in [5.74, 6) is 0.599. The van der Waals surface area contributed by atoms with Crippen LogP contribution in [0, 0.1) is 6.92 Å². The first-order valence-electron chi connectivity index (χ1n) is 8.56. The van der Waals surface area contributed by atoms with Gasteiger partial charge in [0.2, 0.25) is 5.91 Å². The van der Waals surface area contributed by atoms with Gasteiger partial charge in [-0.1, -0.05) is 18.2 Å². The molecule has 0 aliphatic rings. The Kier molecular flexibility index (Phi) is 4.10. The zero-order valence-electron chi connectivity index (χ0n) is 14.8.